The zero-order valence-corrected chi connectivity index (χ0v) is 14.6. The molecule has 0 radical (unpaired) electrons. The highest BCUT2D eigenvalue weighted by Crippen LogP contribution is 2.44. The molecule has 0 amide bonds. The van der Waals surface area contributed by atoms with Gasteiger partial charge in [-0.2, -0.15) is 18.2 Å². The number of hydrogen-bond donors (Lipinski definition) is 0. The van der Waals surface area contributed by atoms with Crippen LogP contribution in [0.25, 0.3) is 4.85 Å². The molecule has 1 aromatic carbocycles. The van der Waals surface area contributed by atoms with Gasteiger partial charge in [0.25, 0.3) is 0 Å². The first-order chi connectivity index (χ1) is 11.8. The van der Waals surface area contributed by atoms with E-state index < -0.39 is 23.7 Å². The molecule has 1 aliphatic carbocycles. The van der Waals surface area contributed by atoms with Gasteiger partial charge in [-0.25, -0.2) is 4.85 Å². The lowest BCUT2D eigenvalue weighted by Crippen LogP contribution is -2.13. The highest BCUT2D eigenvalue weighted by molar-refractivity contribution is 9.10. The van der Waals surface area contributed by atoms with Crippen LogP contribution >= 0.6 is 15.9 Å². The van der Waals surface area contributed by atoms with E-state index in [0.717, 1.165) is 15.6 Å². The Hall–Kier alpha value is -2.27. The van der Waals surface area contributed by atoms with Crippen LogP contribution in [0.5, 0.6) is 11.8 Å². The van der Waals surface area contributed by atoms with Gasteiger partial charge >= 0.3 is 6.18 Å². The van der Waals surface area contributed by atoms with Crippen molar-refractivity contribution in [3.63, 3.8) is 0 Å². The normalized spacial score (nSPS) is 16.2. The van der Waals surface area contributed by atoms with Gasteiger partial charge in [0.05, 0.1) is 13.7 Å². The molecule has 0 bridgehead atoms. The fourth-order valence-electron chi connectivity index (χ4n) is 2.82. The lowest BCUT2D eigenvalue weighted by atomic mass is 10.1. The van der Waals surface area contributed by atoms with Crippen LogP contribution in [0.4, 0.5) is 18.9 Å². The molecule has 1 heterocycles. The van der Waals surface area contributed by atoms with Crippen LogP contribution in [0.1, 0.15) is 29.2 Å². The number of pyridine rings is 1. The van der Waals surface area contributed by atoms with Crippen LogP contribution in [-0.2, 0) is 12.6 Å². The average Bonchev–Trinajstić information content (AvgIpc) is 2.98. The molecule has 1 atom stereocenters. The van der Waals surface area contributed by atoms with Crippen LogP contribution in [0.2, 0.25) is 0 Å². The highest BCUT2D eigenvalue weighted by atomic mass is 79.9. The Morgan fingerprint density at radius 1 is 1.32 bits per heavy atom. The van der Waals surface area contributed by atoms with Gasteiger partial charge in [-0.15, -0.1) is 0 Å². The second-order valence-electron chi connectivity index (χ2n) is 5.43. The number of rotatable bonds is 3. The third-order valence-corrected chi connectivity index (χ3v) is 4.71. The second kappa shape index (κ2) is 6.56. The van der Waals surface area contributed by atoms with E-state index in [-0.39, 0.29) is 11.6 Å². The van der Waals surface area contributed by atoms with Crippen LogP contribution in [0.15, 0.2) is 28.7 Å². The summed E-state index contributed by atoms with van der Waals surface area (Å²) in [7, 11) is 1.25. The summed E-state index contributed by atoms with van der Waals surface area (Å²) in [6.07, 6.45) is -3.99. The number of benzene rings is 1. The van der Waals surface area contributed by atoms with Crippen molar-refractivity contribution in [1.29, 1.82) is 0 Å². The number of alkyl halides is 3. The molecule has 1 aliphatic rings. The summed E-state index contributed by atoms with van der Waals surface area (Å²) in [5, 5.41) is 0. The van der Waals surface area contributed by atoms with Crippen molar-refractivity contribution in [1.82, 2.24) is 4.98 Å². The van der Waals surface area contributed by atoms with Gasteiger partial charge in [0.2, 0.25) is 17.4 Å². The predicted molar refractivity (Wildman–Crippen MR) is 87.9 cm³/mol. The summed E-state index contributed by atoms with van der Waals surface area (Å²) in [5.74, 6) is -0.764. The molecule has 4 nitrogen and oxygen atoms in total. The molecule has 3 rings (SSSR count). The smallest absolute Gasteiger partial charge is 0.420 e. The monoisotopic (exact) mass is 412 g/mol. The lowest BCUT2D eigenvalue weighted by molar-refractivity contribution is -0.139. The number of hydrogen-bond acceptors (Lipinski definition) is 3. The predicted octanol–water partition coefficient (Wildman–Crippen LogP) is 5.49. The maximum Gasteiger partial charge on any atom is 0.420 e. The van der Waals surface area contributed by atoms with Crippen molar-refractivity contribution in [2.45, 2.75) is 25.1 Å². The van der Waals surface area contributed by atoms with Gasteiger partial charge in [0, 0.05) is 4.47 Å². The SMILES string of the molecule is [C-]#[N+]c1cc(C(F)(F)F)c(O[C@H]2CCc3c(Br)cccc32)nc1OC. The fraction of sp³-hybridized carbons (Fsp3) is 0.294. The molecule has 0 N–H and O–H groups in total. The van der Waals surface area contributed by atoms with E-state index in [2.05, 4.69) is 25.8 Å². The lowest BCUT2D eigenvalue weighted by Gasteiger charge is -2.19. The number of ether oxygens (including phenoxy) is 2. The van der Waals surface area contributed by atoms with E-state index >= 15 is 0 Å². The Balaban J connectivity index is 2.04. The zero-order valence-electron chi connectivity index (χ0n) is 13.0. The quantitative estimate of drug-likeness (QED) is 0.625. The van der Waals surface area contributed by atoms with Gasteiger partial charge in [-0.1, -0.05) is 28.1 Å². The van der Waals surface area contributed by atoms with Gasteiger partial charge in [-0.3, -0.25) is 0 Å². The third kappa shape index (κ3) is 3.29. The maximum absolute atomic E-state index is 13.4. The first-order valence-electron chi connectivity index (χ1n) is 7.32. The molecule has 130 valence electrons. The van der Waals surface area contributed by atoms with Crippen LogP contribution in [0, 0.1) is 6.57 Å². The Morgan fingerprint density at radius 2 is 2.08 bits per heavy atom. The first kappa shape index (κ1) is 17.5. The van der Waals surface area contributed by atoms with E-state index in [0.29, 0.717) is 18.9 Å². The minimum Gasteiger partial charge on any atom is -0.490 e. The van der Waals surface area contributed by atoms with Crippen molar-refractivity contribution in [2.75, 3.05) is 7.11 Å². The van der Waals surface area contributed by atoms with Gasteiger partial charge in [0.1, 0.15) is 11.7 Å². The summed E-state index contributed by atoms with van der Waals surface area (Å²) < 4.78 is 51.5. The number of halogens is 4. The Bertz CT molecular complexity index is 862. The van der Waals surface area contributed by atoms with E-state index in [9.17, 15) is 13.2 Å². The molecule has 0 spiro atoms. The second-order valence-corrected chi connectivity index (χ2v) is 6.29. The van der Waals surface area contributed by atoms with Gasteiger partial charge in [0.15, 0.2) is 0 Å². The van der Waals surface area contributed by atoms with Crippen molar-refractivity contribution >= 4 is 21.6 Å². The van der Waals surface area contributed by atoms with Crippen LogP contribution < -0.4 is 9.47 Å². The van der Waals surface area contributed by atoms with Crippen LogP contribution in [0.3, 0.4) is 0 Å². The van der Waals surface area contributed by atoms with E-state index in [1.165, 1.54) is 7.11 Å². The van der Waals surface area contributed by atoms with Gasteiger partial charge < -0.3 is 9.47 Å². The molecule has 0 fully saturated rings. The Kier molecular flexibility index (Phi) is 4.60. The number of nitrogens with zero attached hydrogens (tertiary/aromatic N) is 2. The molecule has 0 saturated heterocycles. The molecule has 2 aromatic rings. The minimum absolute atomic E-state index is 0.189. The summed E-state index contributed by atoms with van der Waals surface area (Å²) >= 11 is 3.44. The third-order valence-electron chi connectivity index (χ3n) is 3.97. The molecule has 0 aliphatic heterocycles. The average molecular weight is 413 g/mol. The van der Waals surface area contributed by atoms with E-state index in [1.807, 2.05) is 18.2 Å². The fourth-order valence-corrected chi connectivity index (χ4v) is 3.40. The molecule has 8 heteroatoms. The number of methoxy groups -OCH3 is 1. The van der Waals surface area contributed by atoms with E-state index in [1.54, 1.807) is 0 Å². The van der Waals surface area contributed by atoms with E-state index in [4.69, 9.17) is 16.0 Å². The zero-order chi connectivity index (χ0) is 18.2. The molecular weight excluding hydrogens is 401 g/mol. The van der Waals surface area contributed by atoms with Crippen molar-refractivity contribution < 1.29 is 22.6 Å². The molecular formula is C17H12BrF3N2O2. The van der Waals surface area contributed by atoms with Crippen molar-refractivity contribution in [3.8, 4) is 11.8 Å². The molecule has 25 heavy (non-hydrogen) atoms. The van der Waals surface area contributed by atoms with Crippen LogP contribution in [-0.4, -0.2) is 12.1 Å². The van der Waals surface area contributed by atoms with Gasteiger partial charge in [-0.05, 0) is 36.1 Å². The highest BCUT2D eigenvalue weighted by Gasteiger charge is 2.38. The summed E-state index contributed by atoms with van der Waals surface area (Å²) in [4.78, 5) is 6.83. The largest absolute Gasteiger partial charge is 0.490 e. The van der Waals surface area contributed by atoms with Crippen molar-refractivity contribution in [3.05, 3.63) is 56.8 Å². The standard InChI is InChI=1S/C17H12BrF3N2O2/c1-22-13-8-11(17(19,20)21)15(23-16(13)24-2)25-14-7-6-9-10(14)4-3-5-12(9)18/h3-5,8,14H,6-7H2,2H3/t14-/m0/s1. The Morgan fingerprint density at radius 3 is 2.72 bits per heavy atom. The minimum atomic E-state index is -4.69. The molecule has 0 unspecified atom stereocenters. The summed E-state index contributed by atoms with van der Waals surface area (Å²) in [5.41, 5.74) is 0.461. The number of aromatic nitrogens is 1. The summed E-state index contributed by atoms with van der Waals surface area (Å²) in [6, 6.07) is 6.24. The maximum atomic E-state index is 13.4. The van der Waals surface area contributed by atoms with Crippen molar-refractivity contribution in [2.24, 2.45) is 0 Å². The molecule has 1 aromatic heterocycles. The Labute approximate surface area is 150 Å². The number of fused-ring (bicyclic) bond motifs is 1. The topological polar surface area (TPSA) is 35.7 Å². The summed E-state index contributed by atoms with van der Waals surface area (Å²) in [6.45, 7) is 7.00. The first-order valence-corrected chi connectivity index (χ1v) is 8.12. The molecule has 0 saturated carbocycles.